The predicted octanol–water partition coefficient (Wildman–Crippen LogP) is 2.66. The van der Waals surface area contributed by atoms with E-state index < -0.39 is 18.1 Å². The van der Waals surface area contributed by atoms with Gasteiger partial charge in [-0.3, -0.25) is 9.59 Å². The van der Waals surface area contributed by atoms with Gasteiger partial charge in [0.2, 0.25) is 0 Å². The standard InChI is InChI=1S/C24H25ClN4O4/c1-15-6-7-16(12-19(15)25)13-26-24(32)21-18(14-30)23(31)28-22(27-21)17-4-2-3-5-20(17)29-8-10-33-11-9-29/h2-7,12,30H,8-11,13-14H2,1H3,(H,26,32)(H,27,28,31). The molecular formula is C24H25ClN4O4. The predicted molar refractivity (Wildman–Crippen MR) is 127 cm³/mol. The molecule has 1 saturated heterocycles. The average molecular weight is 469 g/mol. The summed E-state index contributed by atoms with van der Waals surface area (Å²) in [6.07, 6.45) is 0. The number of H-pyrrole nitrogens is 1. The number of carbonyl (C=O) groups excluding carboxylic acids is 1. The molecule has 0 saturated carbocycles. The molecule has 0 radical (unpaired) electrons. The number of aryl methyl sites for hydroxylation is 1. The van der Waals surface area contributed by atoms with Gasteiger partial charge in [0.15, 0.2) is 0 Å². The highest BCUT2D eigenvalue weighted by molar-refractivity contribution is 6.31. The highest BCUT2D eigenvalue weighted by atomic mass is 35.5. The monoisotopic (exact) mass is 468 g/mol. The van der Waals surface area contributed by atoms with E-state index in [-0.39, 0.29) is 23.6 Å². The van der Waals surface area contributed by atoms with Gasteiger partial charge in [-0.05, 0) is 36.2 Å². The Hall–Kier alpha value is -3.20. The van der Waals surface area contributed by atoms with Crippen molar-refractivity contribution in [1.29, 1.82) is 0 Å². The number of carbonyl (C=O) groups is 1. The summed E-state index contributed by atoms with van der Waals surface area (Å²) in [6.45, 7) is 4.14. The summed E-state index contributed by atoms with van der Waals surface area (Å²) in [5.41, 5.74) is 2.60. The second kappa shape index (κ2) is 10.2. The van der Waals surface area contributed by atoms with E-state index in [2.05, 4.69) is 20.2 Å². The van der Waals surface area contributed by atoms with Crippen LogP contribution in [0.3, 0.4) is 0 Å². The van der Waals surface area contributed by atoms with Crippen LogP contribution in [0.25, 0.3) is 11.4 Å². The van der Waals surface area contributed by atoms with E-state index in [1.165, 1.54) is 0 Å². The van der Waals surface area contributed by atoms with Gasteiger partial charge in [0.05, 0.1) is 25.4 Å². The molecule has 1 aliphatic rings. The van der Waals surface area contributed by atoms with E-state index in [0.29, 0.717) is 36.9 Å². The Labute approximate surface area is 196 Å². The lowest BCUT2D eigenvalue weighted by Gasteiger charge is -2.30. The van der Waals surface area contributed by atoms with Crippen LogP contribution < -0.4 is 15.8 Å². The molecule has 33 heavy (non-hydrogen) atoms. The number of hydrogen-bond acceptors (Lipinski definition) is 6. The number of aliphatic hydroxyl groups excluding tert-OH is 1. The number of nitrogens with zero attached hydrogens (tertiary/aromatic N) is 2. The zero-order valence-corrected chi connectivity index (χ0v) is 19.0. The van der Waals surface area contributed by atoms with Gasteiger partial charge in [0.1, 0.15) is 11.5 Å². The third-order valence-corrected chi connectivity index (χ3v) is 6.00. The molecule has 2 aromatic carbocycles. The number of amides is 1. The first-order chi connectivity index (χ1) is 16.0. The Morgan fingerprint density at radius 1 is 1.24 bits per heavy atom. The number of aromatic amines is 1. The molecular weight excluding hydrogens is 444 g/mol. The molecule has 2 heterocycles. The van der Waals surface area contributed by atoms with Gasteiger partial charge in [0.25, 0.3) is 11.5 Å². The van der Waals surface area contributed by atoms with E-state index in [0.717, 1.165) is 16.8 Å². The number of ether oxygens (including phenoxy) is 1. The van der Waals surface area contributed by atoms with Crippen LogP contribution >= 0.6 is 11.6 Å². The zero-order valence-electron chi connectivity index (χ0n) is 18.2. The van der Waals surface area contributed by atoms with Gasteiger partial charge in [-0.2, -0.15) is 0 Å². The quantitative estimate of drug-likeness (QED) is 0.513. The molecule has 3 N–H and O–H groups in total. The topological polar surface area (TPSA) is 108 Å². The lowest BCUT2D eigenvalue weighted by Crippen LogP contribution is -2.36. The van der Waals surface area contributed by atoms with Crippen LogP contribution in [0.2, 0.25) is 5.02 Å². The number of hydrogen-bond donors (Lipinski definition) is 3. The van der Waals surface area contributed by atoms with E-state index >= 15 is 0 Å². The minimum absolute atomic E-state index is 0.0814. The SMILES string of the molecule is Cc1ccc(CNC(=O)c2nc(-c3ccccc3N3CCOCC3)[nH]c(=O)c2CO)cc1Cl. The third kappa shape index (κ3) is 5.08. The smallest absolute Gasteiger partial charge is 0.270 e. The number of benzene rings is 2. The van der Waals surface area contributed by atoms with Crippen molar-refractivity contribution in [3.05, 3.63) is 80.2 Å². The van der Waals surface area contributed by atoms with E-state index in [1.807, 2.05) is 43.3 Å². The van der Waals surface area contributed by atoms with Crippen LogP contribution in [0.4, 0.5) is 5.69 Å². The van der Waals surface area contributed by atoms with Crippen molar-refractivity contribution < 1.29 is 14.6 Å². The fraction of sp³-hybridized carbons (Fsp3) is 0.292. The molecule has 3 aromatic rings. The van der Waals surface area contributed by atoms with Crippen LogP contribution in [0.5, 0.6) is 0 Å². The van der Waals surface area contributed by atoms with Crippen molar-refractivity contribution in [2.75, 3.05) is 31.2 Å². The Morgan fingerprint density at radius 2 is 2.00 bits per heavy atom. The summed E-state index contributed by atoms with van der Waals surface area (Å²) in [5.74, 6) is -0.283. The number of aliphatic hydroxyl groups is 1. The van der Waals surface area contributed by atoms with Gasteiger partial charge < -0.3 is 25.0 Å². The van der Waals surface area contributed by atoms with Crippen LogP contribution in [-0.2, 0) is 17.9 Å². The second-order valence-corrected chi connectivity index (χ2v) is 8.19. The third-order valence-electron chi connectivity index (χ3n) is 5.59. The van der Waals surface area contributed by atoms with E-state index in [4.69, 9.17) is 16.3 Å². The maximum atomic E-state index is 13.0. The zero-order chi connectivity index (χ0) is 23.4. The maximum absolute atomic E-state index is 13.0. The van der Waals surface area contributed by atoms with Crippen molar-refractivity contribution in [2.45, 2.75) is 20.1 Å². The molecule has 172 valence electrons. The summed E-state index contributed by atoms with van der Waals surface area (Å²) < 4.78 is 5.44. The normalized spacial score (nSPS) is 13.7. The molecule has 1 amide bonds. The van der Waals surface area contributed by atoms with Gasteiger partial charge >= 0.3 is 0 Å². The molecule has 0 spiro atoms. The number of rotatable bonds is 6. The van der Waals surface area contributed by atoms with E-state index in [1.54, 1.807) is 6.07 Å². The molecule has 0 atom stereocenters. The minimum atomic E-state index is -0.604. The minimum Gasteiger partial charge on any atom is -0.391 e. The Kier molecular flexibility index (Phi) is 7.08. The second-order valence-electron chi connectivity index (χ2n) is 7.78. The van der Waals surface area contributed by atoms with Crippen molar-refractivity contribution in [3.63, 3.8) is 0 Å². The number of para-hydroxylation sites is 1. The molecule has 8 nitrogen and oxygen atoms in total. The number of morpholine rings is 1. The summed E-state index contributed by atoms with van der Waals surface area (Å²) in [6, 6.07) is 13.1. The number of nitrogens with one attached hydrogen (secondary N) is 2. The molecule has 0 unspecified atom stereocenters. The first-order valence-electron chi connectivity index (χ1n) is 10.7. The van der Waals surface area contributed by atoms with Crippen molar-refractivity contribution >= 4 is 23.2 Å². The molecule has 1 aromatic heterocycles. The fourth-order valence-electron chi connectivity index (χ4n) is 3.73. The van der Waals surface area contributed by atoms with Crippen LogP contribution in [0.15, 0.2) is 47.3 Å². The van der Waals surface area contributed by atoms with E-state index in [9.17, 15) is 14.7 Å². The Balaban J connectivity index is 1.66. The van der Waals surface area contributed by atoms with Crippen LogP contribution in [0, 0.1) is 6.92 Å². The first kappa shape index (κ1) is 23.0. The largest absolute Gasteiger partial charge is 0.391 e. The molecule has 1 fully saturated rings. The molecule has 9 heteroatoms. The highest BCUT2D eigenvalue weighted by Crippen LogP contribution is 2.29. The summed E-state index contributed by atoms with van der Waals surface area (Å²) in [7, 11) is 0. The van der Waals surface area contributed by atoms with Crippen molar-refractivity contribution in [3.8, 4) is 11.4 Å². The Bertz CT molecular complexity index is 1220. The van der Waals surface area contributed by atoms with Crippen LogP contribution in [-0.4, -0.2) is 47.3 Å². The van der Waals surface area contributed by atoms with Crippen molar-refractivity contribution in [2.24, 2.45) is 0 Å². The fourth-order valence-corrected chi connectivity index (χ4v) is 3.93. The van der Waals surface area contributed by atoms with Crippen LogP contribution in [0.1, 0.15) is 27.2 Å². The summed E-state index contributed by atoms with van der Waals surface area (Å²) >= 11 is 6.17. The molecule has 0 bridgehead atoms. The summed E-state index contributed by atoms with van der Waals surface area (Å²) in [4.78, 5) is 35.0. The lowest BCUT2D eigenvalue weighted by atomic mass is 10.1. The lowest BCUT2D eigenvalue weighted by molar-refractivity contribution is 0.0942. The molecule has 1 aliphatic heterocycles. The Morgan fingerprint density at radius 3 is 2.73 bits per heavy atom. The maximum Gasteiger partial charge on any atom is 0.270 e. The molecule has 4 rings (SSSR count). The molecule has 0 aliphatic carbocycles. The number of halogens is 1. The van der Waals surface area contributed by atoms with Gasteiger partial charge in [-0.25, -0.2) is 4.98 Å². The van der Waals surface area contributed by atoms with Crippen molar-refractivity contribution in [1.82, 2.24) is 15.3 Å². The first-order valence-corrected chi connectivity index (χ1v) is 11.0. The van der Waals surface area contributed by atoms with Gasteiger partial charge in [-0.1, -0.05) is 35.9 Å². The average Bonchev–Trinajstić information content (AvgIpc) is 2.84. The summed E-state index contributed by atoms with van der Waals surface area (Å²) in [5, 5.41) is 13.1. The number of anilines is 1. The van der Waals surface area contributed by atoms with Gasteiger partial charge in [-0.15, -0.1) is 0 Å². The number of aromatic nitrogens is 2. The highest BCUT2D eigenvalue weighted by Gasteiger charge is 2.21. The van der Waals surface area contributed by atoms with Gasteiger partial charge in [0, 0.05) is 35.9 Å².